The fraction of sp³-hybridized carbons (Fsp3) is 0.286. The van der Waals surface area contributed by atoms with Crippen LogP contribution in [0.1, 0.15) is 32.8 Å². The van der Waals surface area contributed by atoms with Crippen LogP contribution in [0.15, 0.2) is 40.8 Å². The average molecular weight is 398 g/mol. The molecule has 1 heterocycles. The molecule has 0 radical (unpaired) electrons. The van der Waals surface area contributed by atoms with E-state index >= 15 is 0 Å². The first kappa shape index (κ1) is 19.8. The lowest BCUT2D eigenvalue weighted by molar-refractivity contribution is -0.120. The van der Waals surface area contributed by atoms with E-state index < -0.39 is 0 Å². The van der Waals surface area contributed by atoms with Gasteiger partial charge < -0.3 is 20.2 Å². The lowest BCUT2D eigenvalue weighted by atomic mass is 10.1. The normalized spacial score (nSPS) is 11.0. The first-order chi connectivity index (χ1) is 13.4. The van der Waals surface area contributed by atoms with Crippen molar-refractivity contribution in [2.75, 3.05) is 5.32 Å². The molecule has 0 saturated carbocycles. The summed E-state index contributed by atoms with van der Waals surface area (Å²) in [4.78, 5) is 16.3. The number of phenolic OH excluding ortho intramolecular Hbond substituents is 1. The Morgan fingerprint density at radius 1 is 1.25 bits per heavy atom. The Labute approximate surface area is 169 Å². The van der Waals surface area contributed by atoms with Crippen LogP contribution >= 0.6 is 12.2 Å². The van der Waals surface area contributed by atoms with Crippen molar-refractivity contribution in [3.8, 4) is 17.2 Å². The Hall–Kier alpha value is -2.93. The standard InChI is InChI=1S/C21H23N3O3S/c1-4-13-5-8-18-16(10-13)23-20(27-18)15-7-6-14(11-17(15)25)22-21(28)24-19(26)9-12(2)3/h5-8,10-12,25H,4,9H2,1-3H3,(H2,22,24,26,28). The molecule has 146 valence electrons. The highest BCUT2D eigenvalue weighted by Crippen LogP contribution is 2.33. The van der Waals surface area contributed by atoms with Gasteiger partial charge in [0.05, 0.1) is 5.56 Å². The maximum Gasteiger partial charge on any atom is 0.231 e. The first-order valence-electron chi connectivity index (χ1n) is 9.19. The molecule has 1 aromatic heterocycles. The third-order valence-corrected chi connectivity index (χ3v) is 4.40. The van der Waals surface area contributed by atoms with Crippen LogP contribution in [0, 0.1) is 5.92 Å². The number of amides is 1. The van der Waals surface area contributed by atoms with E-state index in [1.165, 1.54) is 11.6 Å². The molecule has 0 aliphatic heterocycles. The van der Waals surface area contributed by atoms with Gasteiger partial charge in [0.1, 0.15) is 11.3 Å². The highest BCUT2D eigenvalue weighted by Gasteiger charge is 2.14. The minimum atomic E-state index is -0.147. The number of phenols is 1. The number of benzene rings is 2. The highest BCUT2D eigenvalue weighted by molar-refractivity contribution is 7.80. The van der Waals surface area contributed by atoms with Gasteiger partial charge in [0.25, 0.3) is 0 Å². The summed E-state index contributed by atoms with van der Waals surface area (Å²) in [7, 11) is 0. The van der Waals surface area contributed by atoms with Gasteiger partial charge >= 0.3 is 0 Å². The molecular formula is C21H23N3O3S. The molecule has 0 aliphatic rings. The third-order valence-electron chi connectivity index (χ3n) is 4.19. The van der Waals surface area contributed by atoms with E-state index in [1.54, 1.807) is 12.1 Å². The topological polar surface area (TPSA) is 87.4 Å². The number of oxazole rings is 1. The number of nitrogens with zero attached hydrogens (tertiary/aromatic N) is 1. The Morgan fingerprint density at radius 2 is 2.04 bits per heavy atom. The molecule has 0 fully saturated rings. The number of thiocarbonyl (C=S) groups is 1. The van der Waals surface area contributed by atoms with E-state index in [4.69, 9.17) is 16.6 Å². The van der Waals surface area contributed by atoms with Crippen LogP contribution in [0.4, 0.5) is 5.69 Å². The quantitative estimate of drug-likeness (QED) is 0.545. The zero-order chi connectivity index (χ0) is 20.3. The molecule has 0 unspecified atom stereocenters. The molecule has 1 amide bonds. The predicted molar refractivity (Wildman–Crippen MR) is 114 cm³/mol. The largest absolute Gasteiger partial charge is 0.507 e. The highest BCUT2D eigenvalue weighted by atomic mass is 32.1. The van der Waals surface area contributed by atoms with Gasteiger partial charge in [0.2, 0.25) is 11.8 Å². The van der Waals surface area contributed by atoms with Crippen molar-refractivity contribution >= 4 is 40.0 Å². The Balaban J connectivity index is 1.75. The number of aromatic hydroxyl groups is 1. The number of anilines is 1. The minimum absolute atomic E-state index is 0.00331. The molecular weight excluding hydrogens is 374 g/mol. The number of nitrogens with one attached hydrogen (secondary N) is 2. The van der Waals surface area contributed by atoms with Crippen LogP contribution in [0.3, 0.4) is 0 Å². The molecule has 3 aromatic rings. The minimum Gasteiger partial charge on any atom is -0.507 e. The van der Waals surface area contributed by atoms with Gasteiger partial charge in [-0.25, -0.2) is 4.98 Å². The number of rotatable bonds is 5. The molecule has 28 heavy (non-hydrogen) atoms. The van der Waals surface area contributed by atoms with Gasteiger partial charge in [-0.05, 0) is 54.4 Å². The molecule has 2 aromatic carbocycles. The zero-order valence-electron chi connectivity index (χ0n) is 16.1. The summed E-state index contributed by atoms with van der Waals surface area (Å²) in [5, 5.41) is 16.1. The van der Waals surface area contributed by atoms with Crippen LogP contribution < -0.4 is 10.6 Å². The predicted octanol–water partition coefficient (Wildman–Crippen LogP) is 4.62. The second-order valence-corrected chi connectivity index (χ2v) is 7.42. The summed E-state index contributed by atoms with van der Waals surface area (Å²) in [6.45, 7) is 6.00. The number of hydrogen-bond donors (Lipinski definition) is 3. The van der Waals surface area contributed by atoms with Crippen LogP contribution in [0.2, 0.25) is 0 Å². The van der Waals surface area contributed by atoms with E-state index in [2.05, 4.69) is 22.5 Å². The molecule has 0 atom stereocenters. The van der Waals surface area contributed by atoms with Gasteiger partial charge in [-0.3, -0.25) is 4.79 Å². The van der Waals surface area contributed by atoms with Crippen LogP contribution in [0.5, 0.6) is 5.75 Å². The van der Waals surface area contributed by atoms with E-state index in [0.29, 0.717) is 29.1 Å². The van der Waals surface area contributed by atoms with Crippen molar-refractivity contribution in [2.45, 2.75) is 33.6 Å². The fourth-order valence-electron chi connectivity index (χ4n) is 2.81. The Morgan fingerprint density at radius 3 is 2.71 bits per heavy atom. The van der Waals surface area contributed by atoms with Crippen LogP contribution in [-0.2, 0) is 11.2 Å². The van der Waals surface area contributed by atoms with Gasteiger partial charge in [-0.15, -0.1) is 0 Å². The third kappa shape index (κ3) is 4.67. The van der Waals surface area contributed by atoms with Crippen molar-refractivity contribution in [1.29, 1.82) is 0 Å². The summed E-state index contributed by atoms with van der Waals surface area (Å²) in [5.74, 6) is 0.450. The number of aromatic nitrogens is 1. The second kappa shape index (κ2) is 8.39. The SMILES string of the molecule is CCc1ccc2oc(-c3ccc(NC(=S)NC(=O)CC(C)C)cc3O)nc2c1. The smallest absolute Gasteiger partial charge is 0.231 e. The molecule has 0 saturated heterocycles. The first-order valence-corrected chi connectivity index (χ1v) is 9.60. The second-order valence-electron chi connectivity index (χ2n) is 7.01. The van der Waals surface area contributed by atoms with E-state index in [0.717, 1.165) is 11.9 Å². The molecule has 0 bridgehead atoms. The lowest BCUT2D eigenvalue weighted by Crippen LogP contribution is -2.34. The average Bonchev–Trinajstić information content (AvgIpc) is 3.03. The number of fused-ring (bicyclic) bond motifs is 1. The van der Waals surface area contributed by atoms with Gasteiger partial charge in [0, 0.05) is 18.2 Å². The summed E-state index contributed by atoms with van der Waals surface area (Å²) < 4.78 is 5.77. The van der Waals surface area contributed by atoms with E-state index in [9.17, 15) is 9.90 Å². The summed E-state index contributed by atoms with van der Waals surface area (Å²) in [6, 6.07) is 10.8. The number of carbonyl (C=O) groups is 1. The van der Waals surface area contributed by atoms with Crippen molar-refractivity contribution < 1.29 is 14.3 Å². The molecule has 3 rings (SSSR count). The lowest BCUT2D eigenvalue weighted by Gasteiger charge is -2.11. The van der Waals surface area contributed by atoms with Gasteiger partial charge in [-0.1, -0.05) is 26.8 Å². The van der Waals surface area contributed by atoms with E-state index in [1.807, 2.05) is 32.0 Å². The Bertz CT molecular complexity index is 1030. The summed E-state index contributed by atoms with van der Waals surface area (Å²) in [5.41, 5.74) is 3.63. The molecule has 0 spiro atoms. The van der Waals surface area contributed by atoms with Crippen molar-refractivity contribution in [2.24, 2.45) is 5.92 Å². The monoisotopic (exact) mass is 397 g/mol. The zero-order valence-corrected chi connectivity index (χ0v) is 16.9. The number of hydrogen-bond acceptors (Lipinski definition) is 5. The number of aryl methyl sites for hydroxylation is 1. The molecule has 3 N–H and O–H groups in total. The molecule has 6 nitrogen and oxygen atoms in total. The molecule has 7 heteroatoms. The van der Waals surface area contributed by atoms with E-state index in [-0.39, 0.29) is 22.7 Å². The van der Waals surface area contributed by atoms with Crippen molar-refractivity contribution in [3.05, 3.63) is 42.0 Å². The molecule has 0 aliphatic carbocycles. The summed E-state index contributed by atoms with van der Waals surface area (Å²) >= 11 is 5.15. The van der Waals surface area contributed by atoms with Gasteiger partial charge in [0.15, 0.2) is 10.7 Å². The van der Waals surface area contributed by atoms with Crippen LogP contribution in [-0.4, -0.2) is 21.1 Å². The maximum atomic E-state index is 11.8. The van der Waals surface area contributed by atoms with Crippen LogP contribution in [0.25, 0.3) is 22.6 Å². The maximum absolute atomic E-state index is 11.8. The van der Waals surface area contributed by atoms with Crippen molar-refractivity contribution in [1.82, 2.24) is 10.3 Å². The van der Waals surface area contributed by atoms with Crippen molar-refractivity contribution in [3.63, 3.8) is 0 Å². The Kier molecular flexibility index (Phi) is 5.94. The fourth-order valence-corrected chi connectivity index (χ4v) is 3.04. The number of carbonyl (C=O) groups excluding carboxylic acids is 1. The summed E-state index contributed by atoms with van der Waals surface area (Å²) in [6.07, 6.45) is 1.31. The van der Waals surface area contributed by atoms with Gasteiger partial charge in [-0.2, -0.15) is 0 Å².